The molecule has 1 aliphatic carbocycles. The standard InChI is InChI=1S/C10H19N/c1-9-3-2-4-10(9)5-7-11-8-6-10/h9,11H,2-8H2,1H3. The van der Waals surface area contributed by atoms with Gasteiger partial charge in [-0.15, -0.1) is 0 Å². The van der Waals surface area contributed by atoms with Gasteiger partial charge in [0, 0.05) is 0 Å². The van der Waals surface area contributed by atoms with Crippen LogP contribution in [0.3, 0.4) is 0 Å². The van der Waals surface area contributed by atoms with Crippen LogP contribution < -0.4 is 5.32 Å². The van der Waals surface area contributed by atoms with Crippen molar-refractivity contribution >= 4 is 0 Å². The van der Waals surface area contributed by atoms with Crippen molar-refractivity contribution < 1.29 is 0 Å². The summed E-state index contributed by atoms with van der Waals surface area (Å²) < 4.78 is 0. The first-order chi connectivity index (χ1) is 5.33. The highest BCUT2D eigenvalue weighted by Crippen LogP contribution is 2.48. The summed E-state index contributed by atoms with van der Waals surface area (Å²) in [5.41, 5.74) is 0.769. The van der Waals surface area contributed by atoms with E-state index in [2.05, 4.69) is 12.2 Å². The minimum Gasteiger partial charge on any atom is -0.317 e. The summed E-state index contributed by atoms with van der Waals surface area (Å²) in [5.74, 6) is 1.00. The molecule has 1 nitrogen and oxygen atoms in total. The Balaban J connectivity index is 2.06. The SMILES string of the molecule is CC1CCCC12CCNCC2. The predicted octanol–water partition coefficient (Wildman–Crippen LogP) is 2.18. The maximum Gasteiger partial charge on any atom is -0.00435 e. The van der Waals surface area contributed by atoms with Crippen molar-refractivity contribution in [1.29, 1.82) is 0 Å². The van der Waals surface area contributed by atoms with Crippen LogP contribution in [-0.4, -0.2) is 13.1 Å². The number of hydrogen-bond donors (Lipinski definition) is 1. The molecule has 11 heavy (non-hydrogen) atoms. The van der Waals surface area contributed by atoms with Gasteiger partial charge in [-0.05, 0) is 43.7 Å². The molecule has 2 fully saturated rings. The molecule has 1 heterocycles. The lowest BCUT2D eigenvalue weighted by molar-refractivity contribution is 0.149. The third-order valence-corrected chi connectivity index (χ3v) is 3.96. The molecule has 1 heteroatoms. The minimum atomic E-state index is 0.769. The van der Waals surface area contributed by atoms with Gasteiger partial charge in [0.2, 0.25) is 0 Å². The number of hydrogen-bond acceptors (Lipinski definition) is 1. The summed E-state index contributed by atoms with van der Waals surface area (Å²) >= 11 is 0. The van der Waals surface area contributed by atoms with Crippen molar-refractivity contribution in [3.8, 4) is 0 Å². The quantitative estimate of drug-likeness (QED) is 0.562. The summed E-state index contributed by atoms with van der Waals surface area (Å²) in [6.07, 6.45) is 7.36. The van der Waals surface area contributed by atoms with Crippen LogP contribution in [-0.2, 0) is 0 Å². The molecule has 64 valence electrons. The predicted molar refractivity (Wildman–Crippen MR) is 47.6 cm³/mol. The largest absolute Gasteiger partial charge is 0.317 e. The smallest absolute Gasteiger partial charge is 0.00435 e. The van der Waals surface area contributed by atoms with Crippen LogP contribution in [0.25, 0.3) is 0 Å². The Kier molecular flexibility index (Phi) is 1.92. The van der Waals surface area contributed by atoms with Gasteiger partial charge in [-0.2, -0.15) is 0 Å². The molecule has 2 rings (SSSR count). The van der Waals surface area contributed by atoms with Crippen LogP contribution in [0.15, 0.2) is 0 Å². The molecule has 1 aliphatic heterocycles. The molecule has 1 saturated heterocycles. The van der Waals surface area contributed by atoms with Crippen LogP contribution in [0, 0.1) is 11.3 Å². The Morgan fingerprint density at radius 2 is 1.91 bits per heavy atom. The van der Waals surface area contributed by atoms with Gasteiger partial charge in [0.25, 0.3) is 0 Å². The van der Waals surface area contributed by atoms with E-state index in [-0.39, 0.29) is 0 Å². The Morgan fingerprint density at radius 3 is 2.45 bits per heavy atom. The lowest BCUT2D eigenvalue weighted by Gasteiger charge is -2.37. The average molecular weight is 153 g/mol. The van der Waals surface area contributed by atoms with Gasteiger partial charge in [-0.3, -0.25) is 0 Å². The highest BCUT2D eigenvalue weighted by atomic mass is 14.9. The van der Waals surface area contributed by atoms with Crippen LogP contribution in [0.5, 0.6) is 0 Å². The normalized spacial score (nSPS) is 36.3. The summed E-state index contributed by atoms with van der Waals surface area (Å²) in [5, 5.41) is 3.46. The van der Waals surface area contributed by atoms with E-state index in [4.69, 9.17) is 0 Å². The molecule has 0 aromatic carbocycles. The minimum absolute atomic E-state index is 0.769. The fourth-order valence-electron chi connectivity index (χ4n) is 2.98. The van der Waals surface area contributed by atoms with E-state index in [9.17, 15) is 0 Å². The molecule has 0 aromatic rings. The summed E-state index contributed by atoms with van der Waals surface area (Å²) in [6, 6.07) is 0. The molecule has 1 saturated carbocycles. The van der Waals surface area contributed by atoms with E-state index in [1.807, 2.05) is 0 Å². The zero-order valence-corrected chi connectivity index (χ0v) is 7.53. The van der Waals surface area contributed by atoms with E-state index in [0.717, 1.165) is 11.3 Å². The van der Waals surface area contributed by atoms with Crippen molar-refractivity contribution in [2.24, 2.45) is 11.3 Å². The van der Waals surface area contributed by atoms with Gasteiger partial charge in [0.15, 0.2) is 0 Å². The van der Waals surface area contributed by atoms with Gasteiger partial charge >= 0.3 is 0 Å². The highest BCUT2D eigenvalue weighted by Gasteiger charge is 2.40. The molecule has 1 spiro atoms. The van der Waals surface area contributed by atoms with Gasteiger partial charge < -0.3 is 5.32 Å². The summed E-state index contributed by atoms with van der Waals surface area (Å²) in [4.78, 5) is 0. The molecule has 0 amide bonds. The maximum atomic E-state index is 3.46. The lowest BCUT2D eigenvalue weighted by atomic mass is 9.72. The van der Waals surface area contributed by atoms with Crippen molar-refractivity contribution in [2.75, 3.05) is 13.1 Å². The summed E-state index contributed by atoms with van der Waals surface area (Å²) in [7, 11) is 0. The molecule has 0 bridgehead atoms. The Hall–Kier alpha value is -0.0400. The van der Waals surface area contributed by atoms with E-state index in [0.29, 0.717) is 0 Å². The third kappa shape index (κ3) is 1.20. The van der Waals surface area contributed by atoms with Crippen LogP contribution in [0.1, 0.15) is 39.0 Å². The van der Waals surface area contributed by atoms with Gasteiger partial charge in [-0.1, -0.05) is 19.8 Å². The first kappa shape index (κ1) is 7.60. The molecule has 2 aliphatic rings. The molecule has 1 unspecified atom stereocenters. The summed E-state index contributed by atoms with van der Waals surface area (Å²) in [6.45, 7) is 4.99. The van der Waals surface area contributed by atoms with Gasteiger partial charge in [0.05, 0.1) is 0 Å². The topological polar surface area (TPSA) is 12.0 Å². The second kappa shape index (κ2) is 2.78. The van der Waals surface area contributed by atoms with Crippen LogP contribution in [0.4, 0.5) is 0 Å². The lowest BCUT2D eigenvalue weighted by Crippen LogP contribution is -2.38. The Bertz CT molecular complexity index is 136. The maximum absolute atomic E-state index is 3.46. The molecule has 1 N–H and O–H groups in total. The van der Waals surface area contributed by atoms with E-state index < -0.39 is 0 Å². The zero-order valence-electron chi connectivity index (χ0n) is 7.53. The molecule has 0 aromatic heterocycles. The van der Waals surface area contributed by atoms with E-state index in [1.165, 1.54) is 45.2 Å². The molecule has 0 radical (unpaired) electrons. The first-order valence-electron chi connectivity index (χ1n) is 5.04. The van der Waals surface area contributed by atoms with Gasteiger partial charge in [0.1, 0.15) is 0 Å². The van der Waals surface area contributed by atoms with Crippen molar-refractivity contribution in [3.63, 3.8) is 0 Å². The fourth-order valence-corrected chi connectivity index (χ4v) is 2.98. The average Bonchev–Trinajstić information content (AvgIpc) is 2.36. The number of nitrogens with one attached hydrogen (secondary N) is 1. The number of piperidine rings is 1. The second-order valence-corrected chi connectivity index (χ2v) is 4.41. The van der Waals surface area contributed by atoms with E-state index >= 15 is 0 Å². The van der Waals surface area contributed by atoms with Crippen LogP contribution >= 0.6 is 0 Å². The van der Waals surface area contributed by atoms with Crippen molar-refractivity contribution in [1.82, 2.24) is 5.32 Å². The fraction of sp³-hybridized carbons (Fsp3) is 1.00. The molecule has 1 atom stereocenters. The zero-order chi connectivity index (χ0) is 7.73. The monoisotopic (exact) mass is 153 g/mol. The first-order valence-corrected chi connectivity index (χ1v) is 5.04. The second-order valence-electron chi connectivity index (χ2n) is 4.41. The van der Waals surface area contributed by atoms with Crippen molar-refractivity contribution in [3.05, 3.63) is 0 Å². The highest BCUT2D eigenvalue weighted by molar-refractivity contribution is 4.92. The van der Waals surface area contributed by atoms with E-state index in [1.54, 1.807) is 0 Å². The third-order valence-electron chi connectivity index (χ3n) is 3.96. The number of rotatable bonds is 0. The molecular formula is C10H19N. The van der Waals surface area contributed by atoms with Gasteiger partial charge in [-0.25, -0.2) is 0 Å². The van der Waals surface area contributed by atoms with Crippen molar-refractivity contribution in [2.45, 2.75) is 39.0 Å². The molecular weight excluding hydrogens is 134 g/mol. The Morgan fingerprint density at radius 1 is 1.18 bits per heavy atom. The Labute approximate surface area is 69.6 Å². The van der Waals surface area contributed by atoms with Crippen LogP contribution in [0.2, 0.25) is 0 Å².